The lowest BCUT2D eigenvalue weighted by atomic mass is 10.1. The fourth-order valence-electron chi connectivity index (χ4n) is 3.31. The molecular weight excluding hydrogens is 396 g/mol. The molecule has 1 amide bonds. The summed E-state index contributed by atoms with van der Waals surface area (Å²) in [6.45, 7) is 7.25. The first-order valence-corrected chi connectivity index (χ1v) is 10.4. The lowest BCUT2D eigenvalue weighted by Crippen LogP contribution is -2.37. The average molecular weight is 417 g/mol. The van der Waals surface area contributed by atoms with E-state index in [1.54, 1.807) is 0 Å². The fraction of sp³-hybridized carbons (Fsp3) is 0.350. The summed E-state index contributed by atoms with van der Waals surface area (Å²) in [4.78, 5) is 25.8. The van der Waals surface area contributed by atoms with E-state index < -0.39 is 0 Å². The molecule has 8 heteroatoms. The summed E-state index contributed by atoms with van der Waals surface area (Å²) in [6.07, 6.45) is 0. The van der Waals surface area contributed by atoms with Crippen molar-refractivity contribution in [3.8, 4) is 0 Å². The summed E-state index contributed by atoms with van der Waals surface area (Å²) in [6, 6.07) is 7.46. The van der Waals surface area contributed by atoms with Gasteiger partial charge in [-0.25, -0.2) is 9.97 Å². The second kappa shape index (κ2) is 8.03. The van der Waals surface area contributed by atoms with Gasteiger partial charge in [-0.05, 0) is 37.1 Å². The zero-order chi connectivity index (χ0) is 19.7. The number of nitrogens with one attached hydrogen (secondary N) is 1. The van der Waals surface area contributed by atoms with Crippen LogP contribution in [0.2, 0.25) is 5.02 Å². The maximum Gasteiger partial charge on any atom is 0.261 e. The number of hydrogen-bond acceptors (Lipinski definition) is 6. The summed E-state index contributed by atoms with van der Waals surface area (Å²) in [5.74, 6) is 1.51. The van der Waals surface area contributed by atoms with Gasteiger partial charge in [0.05, 0.1) is 23.5 Å². The highest BCUT2D eigenvalue weighted by Gasteiger charge is 2.23. The topological polar surface area (TPSA) is 67.4 Å². The molecule has 1 aliphatic heterocycles. The number of morpholine rings is 1. The van der Waals surface area contributed by atoms with Gasteiger partial charge >= 0.3 is 0 Å². The first-order valence-electron chi connectivity index (χ1n) is 9.16. The first-order chi connectivity index (χ1) is 13.5. The van der Waals surface area contributed by atoms with E-state index in [9.17, 15) is 4.79 Å². The van der Waals surface area contributed by atoms with Crippen molar-refractivity contribution in [1.29, 1.82) is 0 Å². The van der Waals surface area contributed by atoms with E-state index in [1.165, 1.54) is 11.3 Å². The monoisotopic (exact) mass is 416 g/mol. The first kappa shape index (κ1) is 19.1. The van der Waals surface area contributed by atoms with Gasteiger partial charge < -0.3 is 15.0 Å². The fourth-order valence-corrected chi connectivity index (χ4v) is 4.57. The Morgan fingerprint density at radius 3 is 2.64 bits per heavy atom. The second-order valence-corrected chi connectivity index (χ2v) is 8.17. The predicted molar refractivity (Wildman–Crippen MR) is 113 cm³/mol. The van der Waals surface area contributed by atoms with Crippen LogP contribution < -0.4 is 10.2 Å². The van der Waals surface area contributed by atoms with Gasteiger partial charge in [-0.2, -0.15) is 0 Å². The Hall–Kier alpha value is -2.22. The van der Waals surface area contributed by atoms with Crippen LogP contribution in [0.1, 0.15) is 26.6 Å². The van der Waals surface area contributed by atoms with Crippen LogP contribution in [0.4, 0.5) is 5.82 Å². The summed E-state index contributed by atoms with van der Waals surface area (Å²) in [5.41, 5.74) is 1.93. The minimum absolute atomic E-state index is 0.0963. The molecule has 28 heavy (non-hydrogen) atoms. The van der Waals surface area contributed by atoms with E-state index in [0.717, 1.165) is 40.3 Å². The Morgan fingerprint density at radius 2 is 1.93 bits per heavy atom. The molecule has 4 rings (SSSR count). The number of rotatable bonds is 4. The highest BCUT2D eigenvalue weighted by atomic mass is 35.5. The van der Waals surface area contributed by atoms with E-state index in [-0.39, 0.29) is 5.91 Å². The summed E-state index contributed by atoms with van der Waals surface area (Å²) < 4.78 is 5.46. The minimum Gasteiger partial charge on any atom is -0.378 e. The largest absolute Gasteiger partial charge is 0.378 e. The number of halogens is 1. The maximum atomic E-state index is 12.8. The lowest BCUT2D eigenvalue weighted by Gasteiger charge is -2.28. The number of nitrogens with zero attached hydrogens (tertiary/aromatic N) is 3. The molecule has 0 atom stereocenters. The average Bonchev–Trinajstić information content (AvgIpc) is 3.03. The number of carbonyl (C=O) groups is 1. The molecule has 3 heterocycles. The molecule has 6 nitrogen and oxygen atoms in total. The van der Waals surface area contributed by atoms with Crippen molar-refractivity contribution in [1.82, 2.24) is 15.3 Å². The smallest absolute Gasteiger partial charge is 0.261 e. The molecule has 1 fully saturated rings. The van der Waals surface area contributed by atoms with E-state index in [0.29, 0.717) is 35.5 Å². The molecule has 3 aromatic rings. The summed E-state index contributed by atoms with van der Waals surface area (Å²) in [5, 5.41) is 4.64. The van der Waals surface area contributed by atoms with Crippen LogP contribution >= 0.6 is 22.9 Å². The van der Waals surface area contributed by atoms with Crippen molar-refractivity contribution in [2.45, 2.75) is 20.4 Å². The molecule has 2 aromatic heterocycles. The van der Waals surface area contributed by atoms with E-state index in [2.05, 4.69) is 20.2 Å². The molecule has 1 N–H and O–H groups in total. The molecule has 1 aliphatic rings. The number of aryl methyl sites for hydroxylation is 2. The zero-order valence-electron chi connectivity index (χ0n) is 15.8. The second-order valence-electron chi connectivity index (χ2n) is 6.74. The normalized spacial score (nSPS) is 14.5. The number of ether oxygens (including phenoxy) is 1. The lowest BCUT2D eigenvalue weighted by molar-refractivity contribution is 0.0954. The summed E-state index contributed by atoms with van der Waals surface area (Å²) >= 11 is 7.34. The Bertz CT molecular complexity index is 1010. The number of anilines is 1. The molecule has 146 valence electrons. The van der Waals surface area contributed by atoms with Gasteiger partial charge in [0.2, 0.25) is 0 Å². The van der Waals surface area contributed by atoms with Crippen molar-refractivity contribution in [3.63, 3.8) is 0 Å². The molecule has 0 unspecified atom stereocenters. The van der Waals surface area contributed by atoms with Crippen LogP contribution in [-0.4, -0.2) is 42.2 Å². The molecule has 0 spiro atoms. The highest BCUT2D eigenvalue weighted by Crippen LogP contribution is 2.35. The van der Waals surface area contributed by atoms with Gasteiger partial charge in [0, 0.05) is 24.7 Å². The Balaban J connectivity index is 1.63. The Morgan fingerprint density at radius 1 is 1.21 bits per heavy atom. The minimum atomic E-state index is -0.0963. The molecule has 0 radical (unpaired) electrons. The van der Waals surface area contributed by atoms with Gasteiger partial charge in [0.25, 0.3) is 5.91 Å². The number of carbonyl (C=O) groups excluding carboxylic acids is 1. The number of aromatic nitrogens is 2. The quantitative estimate of drug-likeness (QED) is 0.701. The Kier molecular flexibility index (Phi) is 5.48. The number of thiophene rings is 1. The van der Waals surface area contributed by atoms with E-state index in [1.807, 2.05) is 38.1 Å². The third-order valence-electron chi connectivity index (χ3n) is 4.77. The SMILES string of the molecule is Cc1nc(N2CCOCC2)c2c(C)c(C(=O)NCc3ccc(Cl)cc3)sc2n1. The Labute approximate surface area is 172 Å². The standard InChI is InChI=1S/C20H21ClN4O2S/c1-12-16-18(25-7-9-27-10-8-25)23-13(2)24-20(16)28-17(12)19(26)22-11-14-3-5-15(21)6-4-14/h3-6H,7-11H2,1-2H3,(H,22,26). The molecular formula is C20H21ClN4O2S. The number of benzene rings is 1. The van der Waals surface area contributed by atoms with Crippen molar-refractivity contribution < 1.29 is 9.53 Å². The molecule has 0 saturated carbocycles. The highest BCUT2D eigenvalue weighted by molar-refractivity contribution is 7.20. The van der Waals surface area contributed by atoms with E-state index >= 15 is 0 Å². The van der Waals surface area contributed by atoms with Crippen LogP contribution in [0, 0.1) is 13.8 Å². The van der Waals surface area contributed by atoms with Crippen LogP contribution in [0.3, 0.4) is 0 Å². The molecule has 1 saturated heterocycles. The number of amides is 1. The van der Waals surface area contributed by atoms with Crippen LogP contribution in [-0.2, 0) is 11.3 Å². The predicted octanol–water partition coefficient (Wildman–Crippen LogP) is 3.73. The van der Waals surface area contributed by atoms with Crippen molar-refractivity contribution in [3.05, 3.63) is 51.1 Å². The van der Waals surface area contributed by atoms with Crippen LogP contribution in [0.15, 0.2) is 24.3 Å². The maximum absolute atomic E-state index is 12.8. The van der Waals surface area contributed by atoms with Gasteiger partial charge in [-0.3, -0.25) is 4.79 Å². The van der Waals surface area contributed by atoms with Crippen molar-refractivity contribution >= 4 is 44.9 Å². The van der Waals surface area contributed by atoms with Gasteiger partial charge in [0.1, 0.15) is 16.5 Å². The van der Waals surface area contributed by atoms with Gasteiger partial charge in [-0.15, -0.1) is 11.3 Å². The number of fused-ring (bicyclic) bond motifs is 1. The molecule has 0 aliphatic carbocycles. The molecule has 0 bridgehead atoms. The third-order valence-corrected chi connectivity index (χ3v) is 6.20. The van der Waals surface area contributed by atoms with Crippen molar-refractivity contribution in [2.75, 3.05) is 31.2 Å². The van der Waals surface area contributed by atoms with Crippen LogP contribution in [0.25, 0.3) is 10.2 Å². The van der Waals surface area contributed by atoms with Gasteiger partial charge in [0.15, 0.2) is 0 Å². The molecule has 1 aromatic carbocycles. The third kappa shape index (κ3) is 3.83. The van der Waals surface area contributed by atoms with Crippen LogP contribution in [0.5, 0.6) is 0 Å². The number of hydrogen-bond donors (Lipinski definition) is 1. The zero-order valence-corrected chi connectivity index (χ0v) is 17.4. The van der Waals surface area contributed by atoms with Gasteiger partial charge in [-0.1, -0.05) is 23.7 Å². The van der Waals surface area contributed by atoms with E-state index in [4.69, 9.17) is 16.3 Å². The van der Waals surface area contributed by atoms with Crippen molar-refractivity contribution in [2.24, 2.45) is 0 Å². The summed E-state index contributed by atoms with van der Waals surface area (Å²) in [7, 11) is 0.